The lowest BCUT2D eigenvalue weighted by molar-refractivity contribution is 0.355. The zero-order valence-electron chi connectivity index (χ0n) is 14.9. The summed E-state index contributed by atoms with van der Waals surface area (Å²) in [6.45, 7) is 2.06. The average molecular weight is 370 g/mol. The molecule has 0 aliphatic carbocycles. The van der Waals surface area contributed by atoms with Crippen LogP contribution in [0.1, 0.15) is 18.9 Å². The number of nitrogens with zero attached hydrogens (tertiary/aromatic N) is 2. The molecule has 3 rings (SSSR count). The molecule has 1 heterocycles. The number of hydrogen-bond acceptors (Lipinski definition) is 5. The van der Waals surface area contributed by atoms with E-state index in [9.17, 15) is 0 Å². The van der Waals surface area contributed by atoms with Crippen LogP contribution in [0.3, 0.4) is 0 Å². The van der Waals surface area contributed by atoms with Gasteiger partial charge in [0.25, 0.3) is 0 Å². The minimum absolute atomic E-state index is 0.658. The van der Waals surface area contributed by atoms with Gasteiger partial charge in [-0.15, -0.1) is 0 Å². The lowest BCUT2D eigenvalue weighted by Crippen LogP contribution is -2.04. The van der Waals surface area contributed by atoms with Gasteiger partial charge in [0, 0.05) is 22.2 Å². The van der Waals surface area contributed by atoms with Gasteiger partial charge in [-0.1, -0.05) is 18.5 Å². The van der Waals surface area contributed by atoms with Crippen molar-refractivity contribution >= 4 is 33.9 Å². The first-order valence-corrected chi connectivity index (χ1v) is 8.63. The second-order valence-electron chi connectivity index (χ2n) is 5.61. The van der Waals surface area contributed by atoms with Crippen LogP contribution in [-0.2, 0) is 0 Å². The molecule has 0 amide bonds. The van der Waals surface area contributed by atoms with Gasteiger partial charge >= 0.3 is 0 Å². The second-order valence-corrected chi connectivity index (χ2v) is 6.05. The highest BCUT2D eigenvalue weighted by molar-refractivity contribution is 6.31. The highest BCUT2D eigenvalue weighted by Gasteiger charge is 2.09. The Kier molecular flexibility index (Phi) is 5.58. The van der Waals surface area contributed by atoms with E-state index in [4.69, 9.17) is 21.1 Å². The van der Waals surface area contributed by atoms with Crippen LogP contribution in [0.2, 0.25) is 5.02 Å². The number of rotatable bonds is 6. The topological polar surface area (TPSA) is 55.7 Å². The molecule has 5 nitrogen and oxygen atoms in total. The number of ether oxygens (including phenoxy) is 2. The third-order valence-electron chi connectivity index (χ3n) is 4.07. The number of anilines is 1. The van der Waals surface area contributed by atoms with Gasteiger partial charge in [-0.25, -0.2) is 0 Å². The third kappa shape index (κ3) is 3.73. The van der Waals surface area contributed by atoms with E-state index in [-0.39, 0.29) is 0 Å². The molecule has 0 fully saturated rings. The molecule has 3 aromatic rings. The van der Waals surface area contributed by atoms with E-state index in [1.807, 2.05) is 42.5 Å². The number of hydrazone groups is 1. The Morgan fingerprint density at radius 1 is 1.08 bits per heavy atom. The number of hydrogen-bond donors (Lipinski definition) is 1. The van der Waals surface area contributed by atoms with Crippen molar-refractivity contribution in [1.82, 2.24) is 4.98 Å². The Hall–Kier alpha value is -2.79. The van der Waals surface area contributed by atoms with Gasteiger partial charge in [0.05, 0.1) is 31.1 Å². The van der Waals surface area contributed by atoms with Crippen LogP contribution in [0.5, 0.6) is 11.5 Å². The van der Waals surface area contributed by atoms with Gasteiger partial charge in [0.15, 0.2) is 11.5 Å². The normalized spacial score (nSPS) is 11.5. The van der Waals surface area contributed by atoms with Gasteiger partial charge < -0.3 is 9.47 Å². The minimum Gasteiger partial charge on any atom is -0.493 e. The summed E-state index contributed by atoms with van der Waals surface area (Å²) < 4.78 is 10.7. The fourth-order valence-electron chi connectivity index (χ4n) is 2.71. The molecule has 0 atom stereocenters. The van der Waals surface area contributed by atoms with Crippen LogP contribution >= 0.6 is 11.6 Å². The van der Waals surface area contributed by atoms with Crippen LogP contribution in [0.4, 0.5) is 5.69 Å². The van der Waals surface area contributed by atoms with E-state index in [0.29, 0.717) is 16.5 Å². The Balaban J connectivity index is 1.93. The fraction of sp³-hybridized carbons (Fsp3) is 0.200. The van der Waals surface area contributed by atoms with Gasteiger partial charge in [-0.2, -0.15) is 5.10 Å². The van der Waals surface area contributed by atoms with E-state index < -0.39 is 0 Å². The number of pyridine rings is 1. The molecule has 0 saturated heterocycles. The van der Waals surface area contributed by atoms with E-state index in [1.165, 1.54) is 0 Å². The molecule has 0 bridgehead atoms. The highest BCUT2D eigenvalue weighted by Crippen LogP contribution is 2.28. The molecule has 1 N–H and O–H groups in total. The summed E-state index contributed by atoms with van der Waals surface area (Å²) in [5, 5.41) is 6.21. The number of aromatic nitrogens is 1. The van der Waals surface area contributed by atoms with Gasteiger partial charge in [-0.3, -0.25) is 10.4 Å². The number of benzene rings is 2. The van der Waals surface area contributed by atoms with Crippen molar-refractivity contribution in [2.24, 2.45) is 5.10 Å². The van der Waals surface area contributed by atoms with Crippen molar-refractivity contribution in [1.29, 1.82) is 0 Å². The maximum Gasteiger partial charge on any atom is 0.161 e. The molecule has 6 heteroatoms. The Morgan fingerprint density at radius 3 is 2.62 bits per heavy atom. The van der Waals surface area contributed by atoms with Crippen molar-refractivity contribution in [3.63, 3.8) is 0 Å². The van der Waals surface area contributed by atoms with Gasteiger partial charge in [0.1, 0.15) is 0 Å². The first kappa shape index (κ1) is 18.0. The largest absolute Gasteiger partial charge is 0.493 e. The minimum atomic E-state index is 0.658. The predicted molar refractivity (Wildman–Crippen MR) is 107 cm³/mol. The molecule has 0 radical (unpaired) electrons. The maximum atomic E-state index is 6.04. The summed E-state index contributed by atoms with van der Waals surface area (Å²) in [6.07, 6.45) is 2.50. The first-order chi connectivity index (χ1) is 12.7. The molecule has 0 aliphatic rings. The Labute approximate surface area is 157 Å². The standard InChI is InChI=1S/C20H20ClN3O2/c1-4-16(13-5-8-19(25-2)20(11-13)26-3)23-24-17-9-10-22-18-12-14(21)6-7-15(17)18/h5-12H,4H2,1-3H3,(H,22,24). The quantitative estimate of drug-likeness (QED) is 0.483. The fourth-order valence-corrected chi connectivity index (χ4v) is 2.88. The SMILES string of the molecule is CCC(=NNc1ccnc2cc(Cl)ccc12)c1ccc(OC)c(OC)c1. The first-order valence-electron chi connectivity index (χ1n) is 8.25. The average Bonchev–Trinajstić information content (AvgIpc) is 2.68. The van der Waals surface area contributed by atoms with Crippen LogP contribution in [0.15, 0.2) is 53.8 Å². The van der Waals surface area contributed by atoms with E-state index in [2.05, 4.69) is 22.4 Å². The number of halogens is 1. The second kappa shape index (κ2) is 8.06. The van der Waals surface area contributed by atoms with Gasteiger partial charge in [-0.05, 0) is 48.9 Å². The number of nitrogens with one attached hydrogen (secondary N) is 1. The molecule has 1 aromatic heterocycles. The maximum absolute atomic E-state index is 6.04. The van der Waals surface area contributed by atoms with Crippen molar-refractivity contribution in [3.05, 3.63) is 59.2 Å². The molecule has 0 spiro atoms. The lowest BCUT2D eigenvalue weighted by Gasteiger charge is -2.11. The zero-order valence-corrected chi connectivity index (χ0v) is 15.7. The van der Waals surface area contributed by atoms with Crippen LogP contribution in [-0.4, -0.2) is 24.9 Å². The Morgan fingerprint density at radius 2 is 1.88 bits per heavy atom. The summed E-state index contributed by atoms with van der Waals surface area (Å²) in [7, 11) is 3.24. The predicted octanol–water partition coefficient (Wildman–Crippen LogP) is 5.13. The Bertz CT molecular complexity index is 957. The number of fused-ring (bicyclic) bond motifs is 1. The highest BCUT2D eigenvalue weighted by atomic mass is 35.5. The summed E-state index contributed by atoms with van der Waals surface area (Å²) in [5.41, 5.74) is 6.73. The molecule has 0 saturated carbocycles. The van der Waals surface area contributed by atoms with Gasteiger partial charge in [0.2, 0.25) is 0 Å². The summed E-state index contributed by atoms with van der Waals surface area (Å²) in [4.78, 5) is 4.35. The van der Waals surface area contributed by atoms with Crippen molar-refractivity contribution in [2.45, 2.75) is 13.3 Å². The molecule has 0 aliphatic heterocycles. The van der Waals surface area contributed by atoms with Crippen LogP contribution in [0, 0.1) is 0 Å². The van der Waals surface area contributed by atoms with Crippen molar-refractivity contribution in [2.75, 3.05) is 19.6 Å². The smallest absolute Gasteiger partial charge is 0.161 e. The summed E-state index contributed by atoms with van der Waals surface area (Å²) >= 11 is 6.04. The molecule has 26 heavy (non-hydrogen) atoms. The number of methoxy groups -OCH3 is 2. The molecular formula is C20H20ClN3O2. The van der Waals surface area contributed by atoms with Crippen molar-refractivity contribution in [3.8, 4) is 11.5 Å². The van der Waals surface area contributed by atoms with Crippen LogP contribution < -0.4 is 14.9 Å². The molecule has 0 unspecified atom stereocenters. The van der Waals surface area contributed by atoms with E-state index in [0.717, 1.165) is 34.3 Å². The molecule has 134 valence electrons. The molecule has 2 aromatic carbocycles. The third-order valence-corrected chi connectivity index (χ3v) is 4.30. The van der Waals surface area contributed by atoms with E-state index in [1.54, 1.807) is 20.4 Å². The zero-order chi connectivity index (χ0) is 18.5. The summed E-state index contributed by atoms with van der Waals surface area (Å²) in [6, 6.07) is 13.3. The van der Waals surface area contributed by atoms with Crippen LogP contribution in [0.25, 0.3) is 10.9 Å². The van der Waals surface area contributed by atoms with Crippen molar-refractivity contribution < 1.29 is 9.47 Å². The molecular weight excluding hydrogens is 350 g/mol. The monoisotopic (exact) mass is 369 g/mol. The lowest BCUT2D eigenvalue weighted by atomic mass is 10.1. The summed E-state index contributed by atoms with van der Waals surface area (Å²) in [5.74, 6) is 1.37. The van der Waals surface area contributed by atoms with E-state index >= 15 is 0 Å².